The Labute approximate surface area is 137 Å². The molecule has 0 bridgehead atoms. The van der Waals surface area contributed by atoms with E-state index in [1.54, 1.807) is 20.8 Å². The largest absolute Gasteiger partial charge is 0.378 e. The summed E-state index contributed by atoms with van der Waals surface area (Å²) in [5.41, 5.74) is 0. The standard InChI is InChI=1S/C14H27N3O5S/c1-4-15-13(18)12(10-23(20,21)9-11(2)3)16-14(19)17-5-7-22-8-6-17/h11-12H,4-10H2,1-3H3,(H,15,18)(H,16,19)/t12-/m0/s1. The van der Waals surface area contributed by atoms with Crippen molar-refractivity contribution in [3.8, 4) is 0 Å². The van der Waals surface area contributed by atoms with E-state index in [4.69, 9.17) is 4.74 Å². The van der Waals surface area contributed by atoms with Gasteiger partial charge in [-0.3, -0.25) is 4.79 Å². The first kappa shape index (κ1) is 19.7. The second-order valence-electron chi connectivity index (χ2n) is 5.97. The van der Waals surface area contributed by atoms with E-state index in [2.05, 4.69) is 10.6 Å². The zero-order valence-electron chi connectivity index (χ0n) is 14.0. The molecule has 0 aliphatic carbocycles. The van der Waals surface area contributed by atoms with Crippen LogP contribution in [0.2, 0.25) is 0 Å². The average molecular weight is 349 g/mol. The number of urea groups is 1. The monoisotopic (exact) mass is 349 g/mol. The Morgan fingerprint density at radius 2 is 1.78 bits per heavy atom. The Balaban J connectivity index is 2.75. The fraction of sp³-hybridized carbons (Fsp3) is 0.857. The van der Waals surface area contributed by atoms with Crippen molar-refractivity contribution in [2.24, 2.45) is 5.92 Å². The number of likely N-dealkylation sites (N-methyl/N-ethyl adjacent to an activating group) is 1. The van der Waals surface area contributed by atoms with Gasteiger partial charge >= 0.3 is 6.03 Å². The Kier molecular flexibility index (Phi) is 7.77. The summed E-state index contributed by atoms with van der Waals surface area (Å²) < 4.78 is 29.5. The van der Waals surface area contributed by atoms with E-state index >= 15 is 0 Å². The molecule has 1 heterocycles. The van der Waals surface area contributed by atoms with Crippen LogP contribution in [0.1, 0.15) is 20.8 Å². The lowest BCUT2D eigenvalue weighted by atomic mass is 10.3. The van der Waals surface area contributed by atoms with Gasteiger partial charge < -0.3 is 20.3 Å². The number of carbonyl (C=O) groups is 2. The fourth-order valence-corrected chi connectivity index (χ4v) is 4.21. The number of ether oxygens (including phenoxy) is 1. The summed E-state index contributed by atoms with van der Waals surface area (Å²) in [6, 6.07) is -1.53. The molecule has 0 unspecified atom stereocenters. The van der Waals surface area contributed by atoms with Gasteiger partial charge in [-0.15, -0.1) is 0 Å². The van der Waals surface area contributed by atoms with Gasteiger partial charge in [0.25, 0.3) is 0 Å². The van der Waals surface area contributed by atoms with Gasteiger partial charge in [-0.05, 0) is 12.8 Å². The van der Waals surface area contributed by atoms with E-state index < -0.39 is 33.6 Å². The molecule has 1 atom stereocenters. The fourth-order valence-electron chi connectivity index (χ4n) is 2.32. The average Bonchev–Trinajstić information content (AvgIpc) is 2.46. The number of amides is 3. The van der Waals surface area contributed by atoms with Crippen LogP contribution in [0.4, 0.5) is 4.79 Å². The topological polar surface area (TPSA) is 105 Å². The van der Waals surface area contributed by atoms with Crippen molar-refractivity contribution < 1.29 is 22.7 Å². The zero-order valence-corrected chi connectivity index (χ0v) is 14.8. The van der Waals surface area contributed by atoms with Crippen LogP contribution in [0, 0.1) is 5.92 Å². The van der Waals surface area contributed by atoms with Crippen LogP contribution < -0.4 is 10.6 Å². The second kappa shape index (κ2) is 9.07. The summed E-state index contributed by atoms with van der Waals surface area (Å²) in [5.74, 6) is -0.935. The molecular weight excluding hydrogens is 322 g/mol. The number of morpholine rings is 1. The van der Waals surface area contributed by atoms with Gasteiger partial charge in [0.2, 0.25) is 5.91 Å². The number of carbonyl (C=O) groups excluding carboxylic acids is 2. The van der Waals surface area contributed by atoms with E-state index in [1.807, 2.05) is 0 Å². The first-order valence-corrected chi connectivity index (χ1v) is 9.68. The third-order valence-electron chi connectivity index (χ3n) is 3.27. The molecule has 2 N–H and O–H groups in total. The molecule has 23 heavy (non-hydrogen) atoms. The maximum absolute atomic E-state index is 12.2. The molecule has 0 spiro atoms. The SMILES string of the molecule is CCNC(=O)[C@H](CS(=O)(=O)CC(C)C)NC(=O)N1CCOCC1. The van der Waals surface area contributed by atoms with Crippen LogP contribution in [-0.2, 0) is 19.4 Å². The Morgan fingerprint density at radius 1 is 1.17 bits per heavy atom. The van der Waals surface area contributed by atoms with Crippen LogP contribution in [0.3, 0.4) is 0 Å². The summed E-state index contributed by atoms with van der Waals surface area (Å²) in [6.45, 7) is 7.42. The smallest absolute Gasteiger partial charge is 0.318 e. The molecule has 1 saturated heterocycles. The zero-order chi connectivity index (χ0) is 17.5. The molecule has 3 amide bonds. The molecule has 134 valence electrons. The van der Waals surface area contributed by atoms with Crippen molar-refractivity contribution in [3.63, 3.8) is 0 Å². The molecule has 0 saturated carbocycles. The normalized spacial score (nSPS) is 17.0. The van der Waals surface area contributed by atoms with Crippen LogP contribution in [0.5, 0.6) is 0 Å². The third kappa shape index (κ3) is 7.17. The van der Waals surface area contributed by atoms with Crippen molar-refractivity contribution in [3.05, 3.63) is 0 Å². The highest BCUT2D eigenvalue weighted by Crippen LogP contribution is 2.05. The van der Waals surface area contributed by atoms with Gasteiger partial charge in [0, 0.05) is 19.6 Å². The van der Waals surface area contributed by atoms with Gasteiger partial charge in [-0.25, -0.2) is 13.2 Å². The minimum atomic E-state index is -3.44. The van der Waals surface area contributed by atoms with E-state index in [-0.39, 0.29) is 11.7 Å². The van der Waals surface area contributed by atoms with E-state index in [0.29, 0.717) is 32.8 Å². The number of hydrogen-bond acceptors (Lipinski definition) is 5. The molecule has 0 aromatic carbocycles. The quantitative estimate of drug-likeness (QED) is 0.651. The Morgan fingerprint density at radius 3 is 2.30 bits per heavy atom. The van der Waals surface area contributed by atoms with Crippen molar-refractivity contribution in [2.45, 2.75) is 26.8 Å². The lowest BCUT2D eigenvalue weighted by Crippen LogP contribution is -2.55. The van der Waals surface area contributed by atoms with E-state index in [9.17, 15) is 18.0 Å². The Hall–Kier alpha value is -1.35. The van der Waals surface area contributed by atoms with Gasteiger partial charge in [-0.1, -0.05) is 13.8 Å². The number of nitrogens with one attached hydrogen (secondary N) is 2. The van der Waals surface area contributed by atoms with Crippen LogP contribution in [0.25, 0.3) is 0 Å². The molecule has 1 fully saturated rings. The summed E-state index contributed by atoms with van der Waals surface area (Å²) >= 11 is 0. The molecule has 0 radical (unpaired) electrons. The number of hydrogen-bond donors (Lipinski definition) is 2. The van der Waals surface area contributed by atoms with Crippen molar-refractivity contribution in [1.29, 1.82) is 0 Å². The summed E-state index contributed by atoms with van der Waals surface area (Å²) in [5, 5.41) is 5.11. The predicted molar refractivity (Wildman–Crippen MR) is 86.9 cm³/mol. The highest BCUT2D eigenvalue weighted by molar-refractivity contribution is 7.91. The summed E-state index contributed by atoms with van der Waals surface area (Å²) in [6.07, 6.45) is 0. The molecule has 1 aliphatic heterocycles. The first-order chi connectivity index (χ1) is 10.7. The number of rotatable bonds is 7. The molecule has 1 rings (SSSR count). The second-order valence-corrected chi connectivity index (χ2v) is 8.12. The van der Waals surface area contributed by atoms with Crippen molar-refractivity contribution in [1.82, 2.24) is 15.5 Å². The van der Waals surface area contributed by atoms with Gasteiger partial charge in [-0.2, -0.15) is 0 Å². The van der Waals surface area contributed by atoms with Crippen LogP contribution >= 0.6 is 0 Å². The lowest BCUT2D eigenvalue weighted by molar-refractivity contribution is -0.122. The van der Waals surface area contributed by atoms with E-state index in [0.717, 1.165) is 0 Å². The molecule has 0 aromatic rings. The molecule has 8 nitrogen and oxygen atoms in total. The summed E-state index contributed by atoms with van der Waals surface area (Å²) in [7, 11) is -3.44. The number of nitrogens with zero attached hydrogens (tertiary/aromatic N) is 1. The van der Waals surface area contributed by atoms with Crippen LogP contribution in [-0.4, -0.2) is 75.7 Å². The Bertz CT molecular complexity index is 501. The predicted octanol–water partition coefficient (Wildman–Crippen LogP) is -0.396. The highest BCUT2D eigenvalue weighted by Gasteiger charge is 2.29. The molecular formula is C14H27N3O5S. The van der Waals surface area contributed by atoms with Crippen LogP contribution in [0.15, 0.2) is 0 Å². The molecule has 9 heteroatoms. The minimum Gasteiger partial charge on any atom is -0.378 e. The van der Waals surface area contributed by atoms with Crippen molar-refractivity contribution >= 4 is 21.8 Å². The van der Waals surface area contributed by atoms with Crippen molar-refractivity contribution in [2.75, 3.05) is 44.4 Å². The van der Waals surface area contributed by atoms with Gasteiger partial charge in [0.1, 0.15) is 6.04 Å². The highest BCUT2D eigenvalue weighted by atomic mass is 32.2. The molecule has 1 aliphatic rings. The van der Waals surface area contributed by atoms with Gasteiger partial charge in [0.05, 0.1) is 24.7 Å². The maximum atomic E-state index is 12.2. The number of sulfone groups is 1. The third-order valence-corrected chi connectivity index (χ3v) is 5.29. The lowest BCUT2D eigenvalue weighted by Gasteiger charge is -2.29. The maximum Gasteiger partial charge on any atom is 0.318 e. The van der Waals surface area contributed by atoms with Gasteiger partial charge in [0.15, 0.2) is 9.84 Å². The van der Waals surface area contributed by atoms with E-state index in [1.165, 1.54) is 4.90 Å². The first-order valence-electron chi connectivity index (χ1n) is 7.86. The minimum absolute atomic E-state index is 0.0175. The summed E-state index contributed by atoms with van der Waals surface area (Å²) in [4.78, 5) is 25.8. The molecule has 0 aromatic heterocycles.